The Morgan fingerprint density at radius 2 is 1.04 bits per heavy atom. The lowest BCUT2D eigenvalue weighted by Gasteiger charge is -2.14. The Kier molecular flexibility index (Phi) is 5.62. The highest BCUT2D eigenvalue weighted by Crippen LogP contribution is 2.51. The molecule has 0 spiro atoms. The highest BCUT2D eigenvalue weighted by Gasteiger charge is 2.28. The van der Waals surface area contributed by atoms with Gasteiger partial charge in [0.25, 0.3) is 0 Å². The Hall–Kier alpha value is -7.34. The molecular formula is C52H28N4S. The van der Waals surface area contributed by atoms with Gasteiger partial charge in [0.05, 0.1) is 33.3 Å². The fraction of sp³-hybridized carbons (Fsp3) is 0. The van der Waals surface area contributed by atoms with Crippen molar-refractivity contribution in [2.45, 2.75) is 0 Å². The van der Waals surface area contributed by atoms with Crippen LogP contribution in [0.1, 0.15) is 0 Å². The second-order valence-electron chi connectivity index (χ2n) is 15.3. The lowest BCUT2D eigenvalue weighted by Crippen LogP contribution is -2.04. The molecule has 0 radical (unpaired) electrons. The molecule has 14 rings (SSSR count). The highest BCUT2D eigenvalue weighted by molar-refractivity contribution is 7.25. The molecule has 0 unspecified atom stereocenters. The molecule has 262 valence electrons. The number of hydrogen-bond donors (Lipinski definition) is 0. The lowest BCUT2D eigenvalue weighted by atomic mass is 9.95. The Bertz CT molecular complexity index is 3920. The van der Waals surface area contributed by atoms with Gasteiger partial charge in [-0.1, -0.05) is 109 Å². The van der Waals surface area contributed by atoms with Crippen molar-refractivity contribution in [1.82, 2.24) is 19.1 Å². The molecule has 57 heavy (non-hydrogen) atoms. The molecular weight excluding hydrogens is 713 g/mol. The number of nitrogens with zero attached hydrogens (tertiary/aromatic N) is 4. The Morgan fingerprint density at radius 3 is 1.93 bits per heavy atom. The molecule has 0 N–H and O–H groups in total. The van der Waals surface area contributed by atoms with Crippen LogP contribution >= 0.6 is 11.3 Å². The van der Waals surface area contributed by atoms with Gasteiger partial charge in [0.1, 0.15) is 0 Å². The fourth-order valence-corrected chi connectivity index (χ4v) is 11.2. The van der Waals surface area contributed by atoms with E-state index in [-0.39, 0.29) is 0 Å². The third-order valence-electron chi connectivity index (χ3n) is 12.4. The van der Waals surface area contributed by atoms with E-state index in [0.29, 0.717) is 5.95 Å². The van der Waals surface area contributed by atoms with E-state index in [4.69, 9.17) is 9.97 Å². The fourth-order valence-electron chi connectivity index (χ4n) is 10.1. The second-order valence-corrected chi connectivity index (χ2v) is 16.4. The van der Waals surface area contributed by atoms with Gasteiger partial charge in [-0.25, -0.2) is 9.97 Å². The van der Waals surface area contributed by atoms with Crippen LogP contribution in [0.4, 0.5) is 0 Å². The zero-order chi connectivity index (χ0) is 36.9. The molecule has 0 saturated carbocycles. The number of thiophene rings is 1. The summed E-state index contributed by atoms with van der Waals surface area (Å²) in [5.41, 5.74) is 11.2. The first-order valence-electron chi connectivity index (χ1n) is 19.4. The van der Waals surface area contributed by atoms with Gasteiger partial charge in [-0.2, -0.15) is 0 Å². The minimum absolute atomic E-state index is 0.673. The van der Waals surface area contributed by atoms with Crippen LogP contribution in [0.3, 0.4) is 0 Å². The summed E-state index contributed by atoms with van der Waals surface area (Å²) in [6.07, 6.45) is 0. The summed E-state index contributed by atoms with van der Waals surface area (Å²) in [5, 5.41) is 13.5. The van der Waals surface area contributed by atoms with Crippen molar-refractivity contribution in [2.75, 3.05) is 0 Å². The quantitative estimate of drug-likeness (QED) is 0.169. The molecule has 13 aromatic rings. The largest absolute Gasteiger partial charge is 0.309 e. The number of rotatable bonds is 3. The average Bonchev–Trinajstić information content (AvgIpc) is 3.90. The molecule has 4 nitrogen and oxygen atoms in total. The van der Waals surface area contributed by atoms with Gasteiger partial charge < -0.3 is 4.57 Å². The normalized spacial score (nSPS) is 12.6. The van der Waals surface area contributed by atoms with E-state index in [2.05, 4.69) is 179 Å². The van der Waals surface area contributed by atoms with Crippen molar-refractivity contribution in [3.63, 3.8) is 0 Å². The Balaban J connectivity index is 1.16. The molecule has 0 atom stereocenters. The van der Waals surface area contributed by atoms with E-state index in [1.54, 1.807) is 0 Å². The summed E-state index contributed by atoms with van der Waals surface area (Å²) in [4.78, 5) is 11.2. The van der Waals surface area contributed by atoms with Crippen LogP contribution in [-0.4, -0.2) is 19.1 Å². The van der Waals surface area contributed by atoms with Gasteiger partial charge >= 0.3 is 0 Å². The van der Waals surface area contributed by atoms with Crippen molar-refractivity contribution in [3.05, 3.63) is 170 Å². The summed E-state index contributed by atoms with van der Waals surface area (Å²) in [6.45, 7) is 0. The van der Waals surface area contributed by atoms with E-state index in [9.17, 15) is 0 Å². The molecule has 1 aliphatic rings. The van der Waals surface area contributed by atoms with Crippen LogP contribution in [0.2, 0.25) is 0 Å². The molecule has 0 fully saturated rings. The van der Waals surface area contributed by atoms with Crippen LogP contribution in [0.25, 0.3) is 130 Å². The maximum atomic E-state index is 5.62. The minimum Gasteiger partial charge on any atom is -0.309 e. The maximum absolute atomic E-state index is 5.62. The summed E-state index contributed by atoms with van der Waals surface area (Å²) in [5.74, 6) is 0.673. The highest BCUT2D eigenvalue weighted by atomic mass is 32.1. The first-order chi connectivity index (χ1) is 28.3. The maximum Gasteiger partial charge on any atom is 0.235 e. The molecule has 1 aliphatic carbocycles. The third kappa shape index (κ3) is 3.81. The standard InChI is InChI=1S/C52H28N4S/c1-2-12-32(13-3-1)55-40-24-21-30-11-8-16-35-36-17-9-18-39-46(36)48-42(26-25-41(55)49(48)47(40)45(30)35)56(39)52-53-50(37-23-20-29-10-4-5-14-33(29)51(37)54-52)31-22-27-44-38(28-31)34-15-6-7-19-43(34)57-44/h1-28H. The first kappa shape index (κ1) is 29.9. The number of fused-ring (bicyclic) bond motifs is 7. The zero-order valence-electron chi connectivity index (χ0n) is 30.4. The predicted molar refractivity (Wildman–Crippen MR) is 241 cm³/mol. The van der Waals surface area contributed by atoms with Crippen molar-refractivity contribution in [1.29, 1.82) is 0 Å². The third-order valence-corrected chi connectivity index (χ3v) is 13.6. The van der Waals surface area contributed by atoms with Gasteiger partial charge in [0.2, 0.25) is 5.95 Å². The van der Waals surface area contributed by atoms with Gasteiger partial charge in [-0.05, 0) is 87.9 Å². The van der Waals surface area contributed by atoms with Gasteiger partial charge in [-0.15, -0.1) is 11.3 Å². The van der Waals surface area contributed by atoms with E-state index in [1.807, 2.05) is 11.3 Å². The van der Waals surface area contributed by atoms with Crippen molar-refractivity contribution < 1.29 is 0 Å². The summed E-state index contributed by atoms with van der Waals surface area (Å²) >= 11 is 1.84. The average molecular weight is 741 g/mol. The van der Waals surface area contributed by atoms with Crippen LogP contribution in [0.5, 0.6) is 0 Å². The van der Waals surface area contributed by atoms with Gasteiger partial charge in [0, 0.05) is 63.7 Å². The molecule has 0 amide bonds. The summed E-state index contributed by atoms with van der Waals surface area (Å²) in [6, 6.07) is 62.1. The predicted octanol–water partition coefficient (Wildman–Crippen LogP) is 14.1. The number of hydrogen-bond acceptors (Lipinski definition) is 3. The van der Waals surface area contributed by atoms with Crippen LogP contribution in [0.15, 0.2) is 170 Å². The van der Waals surface area contributed by atoms with Crippen molar-refractivity contribution >= 4 is 108 Å². The Morgan fingerprint density at radius 1 is 0.386 bits per heavy atom. The van der Waals surface area contributed by atoms with E-state index in [0.717, 1.165) is 49.7 Å². The number of benzene rings is 9. The monoisotopic (exact) mass is 740 g/mol. The Labute approximate surface area is 329 Å². The summed E-state index contributed by atoms with van der Waals surface area (Å²) < 4.78 is 7.35. The number of para-hydroxylation sites is 1. The molecule has 0 saturated heterocycles. The molecule has 5 heteroatoms. The molecule has 4 aromatic heterocycles. The minimum atomic E-state index is 0.673. The van der Waals surface area contributed by atoms with E-state index >= 15 is 0 Å². The van der Waals surface area contributed by atoms with Crippen LogP contribution in [-0.2, 0) is 0 Å². The lowest BCUT2D eigenvalue weighted by molar-refractivity contribution is 1.02. The summed E-state index contributed by atoms with van der Waals surface area (Å²) in [7, 11) is 0. The van der Waals surface area contributed by atoms with E-state index in [1.165, 1.54) is 74.6 Å². The van der Waals surface area contributed by atoms with Crippen LogP contribution < -0.4 is 0 Å². The van der Waals surface area contributed by atoms with Gasteiger partial charge in [0.15, 0.2) is 0 Å². The number of aromatic nitrogens is 4. The molecule has 4 heterocycles. The SMILES string of the molecule is c1ccc(-n2c3ccc4cccc5c4c3c3c4c6c-5cccc6n(-c5nc(-c6ccc7sc8ccccc8c7c6)c6ccc7ccccc7c6n5)c4ccc32)cc1. The zero-order valence-corrected chi connectivity index (χ0v) is 31.2. The second kappa shape index (κ2) is 10.7. The molecule has 9 aromatic carbocycles. The first-order valence-corrected chi connectivity index (χ1v) is 20.2. The van der Waals surface area contributed by atoms with Crippen molar-refractivity contribution in [2.24, 2.45) is 0 Å². The molecule has 0 aliphatic heterocycles. The smallest absolute Gasteiger partial charge is 0.235 e. The molecule has 0 bridgehead atoms. The van der Waals surface area contributed by atoms with Crippen molar-refractivity contribution in [3.8, 4) is 34.0 Å². The topological polar surface area (TPSA) is 35.6 Å². The van der Waals surface area contributed by atoms with Gasteiger partial charge in [-0.3, -0.25) is 4.57 Å². The van der Waals surface area contributed by atoms with Crippen LogP contribution in [0, 0.1) is 0 Å². The van der Waals surface area contributed by atoms with E-state index < -0.39 is 0 Å².